The maximum absolute atomic E-state index is 13.9. The first-order chi connectivity index (χ1) is 12.6. The number of halogens is 1. The third kappa shape index (κ3) is 4.46. The van der Waals surface area contributed by atoms with Crippen molar-refractivity contribution in [3.8, 4) is 0 Å². The summed E-state index contributed by atoms with van der Waals surface area (Å²) < 4.78 is 18.7. The largest absolute Gasteiger partial charge is 0.465 e. The number of rotatable bonds is 7. The second kappa shape index (κ2) is 8.10. The predicted octanol–water partition coefficient (Wildman–Crippen LogP) is 3.22. The number of carbonyl (C=O) groups excluding carboxylic acids is 2. The molecule has 0 radical (unpaired) electrons. The molecule has 0 saturated heterocycles. The first kappa shape index (κ1) is 18.1. The minimum Gasteiger partial charge on any atom is -0.465 e. The number of nitrogens with zero attached hydrogens (tertiary/aromatic N) is 1. The summed E-state index contributed by atoms with van der Waals surface area (Å²) >= 11 is 0. The van der Waals surface area contributed by atoms with Crippen LogP contribution in [0, 0.1) is 5.82 Å². The molecule has 5 nitrogen and oxygen atoms in total. The molecule has 26 heavy (non-hydrogen) atoms. The van der Waals surface area contributed by atoms with Crippen molar-refractivity contribution in [1.82, 2.24) is 4.90 Å². The monoisotopic (exact) mass is 356 g/mol. The van der Waals surface area contributed by atoms with E-state index in [2.05, 4.69) is 5.32 Å². The van der Waals surface area contributed by atoms with E-state index in [0.29, 0.717) is 23.4 Å². The summed E-state index contributed by atoms with van der Waals surface area (Å²) in [6, 6.07) is 13.6. The molecule has 1 fully saturated rings. The highest BCUT2D eigenvalue weighted by Gasteiger charge is 2.31. The lowest BCUT2D eigenvalue weighted by atomic mass is 10.1. The minimum atomic E-state index is -0.508. The maximum atomic E-state index is 13.9. The van der Waals surface area contributed by atoms with Gasteiger partial charge in [-0.1, -0.05) is 30.3 Å². The van der Waals surface area contributed by atoms with Crippen LogP contribution in [-0.2, 0) is 16.1 Å². The van der Waals surface area contributed by atoms with Gasteiger partial charge in [-0.15, -0.1) is 0 Å². The summed E-state index contributed by atoms with van der Waals surface area (Å²) in [6.07, 6.45) is 2.00. The van der Waals surface area contributed by atoms with Crippen molar-refractivity contribution in [2.24, 2.45) is 0 Å². The van der Waals surface area contributed by atoms with Gasteiger partial charge in [0.05, 0.1) is 24.9 Å². The normalized spacial score (nSPS) is 13.5. The molecule has 136 valence electrons. The molecule has 1 N–H and O–H groups in total. The van der Waals surface area contributed by atoms with Gasteiger partial charge in [-0.05, 0) is 31.0 Å². The summed E-state index contributed by atoms with van der Waals surface area (Å²) in [7, 11) is 1.30. The lowest BCUT2D eigenvalue weighted by molar-refractivity contribution is -0.117. The Morgan fingerprint density at radius 2 is 1.85 bits per heavy atom. The molecular weight excluding hydrogens is 335 g/mol. The number of hydrogen-bond donors (Lipinski definition) is 1. The number of para-hydroxylation sites is 1. The standard InChI is InChI=1S/C20H21FN2O3/c1-26-20(25)16-7-3-5-9-18(16)22-19(24)13-23(15-10-11-15)12-14-6-2-4-8-17(14)21/h2-9,15H,10-13H2,1H3,(H,22,24). The van der Waals surface area contributed by atoms with Gasteiger partial charge in [-0.25, -0.2) is 9.18 Å². The van der Waals surface area contributed by atoms with E-state index in [4.69, 9.17) is 4.74 Å². The number of ether oxygens (including phenoxy) is 1. The molecule has 0 aliphatic heterocycles. The number of benzene rings is 2. The molecule has 1 amide bonds. The molecule has 1 saturated carbocycles. The Balaban J connectivity index is 1.68. The maximum Gasteiger partial charge on any atom is 0.339 e. The quantitative estimate of drug-likeness (QED) is 0.774. The molecule has 0 unspecified atom stereocenters. The van der Waals surface area contributed by atoms with E-state index in [9.17, 15) is 14.0 Å². The second-order valence-electron chi connectivity index (χ2n) is 6.31. The lowest BCUT2D eigenvalue weighted by Gasteiger charge is -2.22. The highest BCUT2D eigenvalue weighted by atomic mass is 19.1. The van der Waals surface area contributed by atoms with Crippen molar-refractivity contribution in [3.63, 3.8) is 0 Å². The highest BCUT2D eigenvalue weighted by Crippen LogP contribution is 2.28. The zero-order valence-corrected chi connectivity index (χ0v) is 14.6. The molecule has 0 heterocycles. The minimum absolute atomic E-state index is 0.133. The van der Waals surface area contributed by atoms with Gasteiger partial charge < -0.3 is 10.1 Å². The predicted molar refractivity (Wildman–Crippen MR) is 96.2 cm³/mol. The molecule has 1 aliphatic carbocycles. The van der Waals surface area contributed by atoms with E-state index in [1.165, 1.54) is 13.2 Å². The number of nitrogens with one attached hydrogen (secondary N) is 1. The smallest absolute Gasteiger partial charge is 0.339 e. The van der Waals surface area contributed by atoms with Crippen molar-refractivity contribution in [2.75, 3.05) is 19.0 Å². The summed E-state index contributed by atoms with van der Waals surface area (Å²) in [6.45, 7) is 0.512. The van der Waals surface area contributed by atoms with Crippen molar-refractivity contribution in [2.45, 2.75) is 25.4 Å². The number of amides is 1. The van der Waals surface area contributed by atoms with E-state index < -0.39 is 5.97 Å². The van der Waals surface area contributed by atoms with Crippen LogP contribution in [0.5, 0.6) is 0 Å². The first-order valence-electron chi connectivity index (χ1n) is 8.53. The van der Waals surface area contributed by atoms with E-state index in [1.54, 1.807) is 42.5 Å². The number of carbonyl (C=O) groups is 2. The van der Waals surface area contributed by atoms with Crippen molar-refractivity contribution >= 4 is 17.6 Å². The van der Waals surface area contributed by atoms with Crippen LogP contribution < -0.4 is 5.32 Å². The van der Waals surface area contributed by atoms with Gasteiger partial charge in [0.25, 0.3) is 0 Å². The van der Waals surface area contributed by atoms with E-state index in [-0.39, 0.29) is 24.3 Å². The molecule has 2 aromatic rings. The number of anilines is 1. The zero-order chi connectivity index (χ0) is 18.5. The number of esters is 1. The van der Waals surface area contributed by atoms with Gasteiger partial charge in [0.1, 0.15) is 5.82 Å². The summed E-state index contributed by atoms with van der Waals surface area (Å²) in [5.41, 5.74) is 1.28. The average molecular weight is 356 g/mol. The van der Waals surface area contributed by atoms with Gasteiger partial charge in [-0.3, -0.25) is 9.69 Å². The topological polar surface area (TPSA) is 58.6 Å². The molecule has 1 aliphatic rings. The first-order valence-corrected chi connectivity index (χ1v) is 8.53. The fourth-order valence-corrected chi connectivity index (χ4v) is 2.85. The van der Waals surface area contributed by atoms with Gasteiger partial charge in [0, 0.05) is 18.2 Å². The fraction of sp³-hybridized carbons (Fsp3) is 0.300. The Bertz CT molecular complexity index is 805. The summed E-state index contributed by atoms with van der Waals surface area (Å²) in [4.78, 5) is 26.3. The van der Waals surface area contributed by atoms with Crippen LogP contribution in [-0.4, -0.2) is 36.5 Å². The number of methoxy groups -OCH3 is 1. The van der Waals surface area contributed by atoms with E-state index in [1.807, 2.05) is 4.90 Å². The van der Waals surface area contributed by atoms with Crippen LogP contribution in [0.4, 0.5) is 10.1 Å². The van der Waals surface area contributed by atoms with Crippen LogP contribution in [0.15, 0.2) is 48.5 Å². The molecule has 0 aromatic heterocycles. The Hall–Kier alpha value is -2.73. The molecule has 3 rings (SSSR count). The number of hydrogen-bond acceptors (Lipinski definition) is 4. The van der Waals surface area contributed by atoms with Crippen LogP contribution in [0.3, 0.4) is 0 Å². The highest BCUT2D eigenvalue weighted by molar-refractivity contribution is 6.01. The van der Waals surface area contributed by atoms with Crippen molar-refractivity contribution in [1.29, 1.82) is 0 Å². The molecule has 0 spiro atoms. The second-order valence-corrected chi connectivity index (χ2v) is 6.31. The zero-order valence-electron chi connectivity index (χ0n) is 14.6. The SMILES string of the molecule is COC(=O)c1ccccc1NC(=O)CN(Cc1ccccc1F)C1CC1. The van der Waals surface area contributed by atoms with Gasteiger partial charge in [-0.2, -0.15) is 0 Å². The molecule has 2 aromatic carbocycles. The van der Waals surface area contributed by atoms with E-state index in [0.717, 1.165) is 12.8 Å². The lowest BCUT2D eigenvalue weighted by Crippen LogP contribution is -2.35. The Labute approximate surface area is 151 Å². The van der Waals surface area contributed by atoms with Gasteiger partial charge in [0.15, 0.2) is 0 Å². The van der Waals surface area contributed by atoms with Crippen LogP contribution in [0.2, 0.25) is 0 Å². The summed E-state index contributed by atoms with van der Waals surface area (Å²) in [5, 5.41) is 2.76. The fourth-order valence-electron chi connectivity index (χ4n) is 2.85. The third-order valence-electron chi connectivity index (χ3n) is 4.35. The van der Waals surface area contributed by atoms with Crippen molar-refractivity contribution in [3.05, 3.63) is 65.5 Å². The summed E-state index contributed by atoms with van der Waals surface area (Å²) in [5.74, 6) is -1.02. The third-order valence-corrected chi connectivity index (χ3v) is 4.35. The Morgan fingerprint density at radius 3 is 2.54 bits per heavy atom. The van der Waals surface area contributed by atoms with E-state index >= 15 is 0 Å². The molecular formula is C20H21FN2O3. The van der Waals surface area contributed by atoms with Crippen LogP contribution in [0.1, 0.15) is 28.8 Å². The van der Waals surface area contributed by atoms with Gasteiger partial charge >= 0.3 is 5.97 Å². The van der Waals surface area contributed by atoms with Crippen LogP contribution in [0.25, 0.3) is 0 Å². The van der Waals surface area contributed by atoms with Crippen LogP contribution >= 0.6 is 0 Å². The molecule has 6 heteroatoms. The Morgan fingerprint density at radius 1 is 1.15 bits per heavy atom. The molecule has 0 atom stereocenters. The Kier molecular flexibility index (Phi) is 5.63. The van der Waals surface area contributed by atoms with Crippen molar-refractivity contribution < 1.29 is 18.7 Å². The van der Waals surface area contributed by atoms with Gasteiger partial charge in [0.2, 0.25) is 5.91 Å². The average Bonchev–Trinajstić information content (AvgIpc) is 3.48. The molecule has 0 bridgehead atoms.